The number of hydrogen-bond acceptors (Lipinski definition) is 6. The zero-order valence-corrected chi connectivity index (χ0v) is 19.8. The van der Waals surface area contributed by atoms with Crippen LogP contribution in [0.25, 0.3) is 0 Å². The summed E-state index contributed by atoms with van der Waals surface area (Å²) in [6.07, 6.45) is -7.37. The number of H-pyrrole nitrogens is 1. The molecule has 3 N–H and O–H groups in total. The number of aliphatic hydroxyl groups excluding tert-OH is 1. The van der Waals surface area contributed by atoms with Gasteiger partial charge < -0.3 is 19.7 Å². The van der Waals surface area contributed by atoms with Crippen LogP contribution in [0, 0.1) is 11.6 Å². The van der Waals surface area contributed by atoms with Crippen LogP contribution < -0.4 is 16.0 Å². The summed E-state index contributed by atoms with van der Waals surface area (Å²) >= 11 is 0. The van der Waals surface area contributed by atoms with E-state index in [4.69, 9.17) is 9.47 Å². The molecule has 2 aliphatic heterocycles. The predicted octanol–water partition coefficient (Wildman–Crippen LogP) is 2.85. The third kappa shape index (κ3) is 4.33. The maximum Gasteiger partial charge on any atom is 0.408 e. The molecule has 1 fully saturated rings. The normalized spacial score (nSPS) is 22.4. The highest BCUT2D eigenvalue weighted by atomic mass is 19.1. The van der Waals surface area contributed by atoms with E-state index in [2.05, 4.69) is 4.98 Å². The first-order valence-corrected chi connectivity index (χ1v) is 11.7. The van der Waals surface area contributed by atoms with E-state index in [0.717, 1.165) is 39.9 Å². The number of benzene rings is 2. The Hall–Kier alpha value is -4.10. The summed E-state index contributed by atoms with van der Waals surface area (Å²) in [6, 6.07) is 5.62. The zero-order chi connectivity index (χ0) is 27.3. The molecule has 3 heterocycles. The van der Waals surface area contributed by atoms with Gasteiger partial charge in [0.1, 0.15) is 35.3 Å². The molecule has 0 radical (unpaired) electrons. The van der Waals surface area contributed by atoms with E-state index in [1.807, 2.05) is 0 Å². The van der Waals surface area contributed by atoms with Crippen LogP contribution >= 0.6 is 0 Å². The standard InChI is InChI=1S/C25H22F3N3O7/c1-2-11-9-31(24(34)29-22(11)33)23-19(28)21(32)18(38-23)10-30(25(35)36)20-14-7-12(26)3-5-16(14)37-17-6-4-13(27)8-15(17)20/h3-9,18-21,23,32H,2,10H2,1H3,(H,35,36)(H,29,33,34)/t18-,19+,21-,23-/m1/s1. The summed E-state index contributed by atoms with van der Waals surface area (Å²) in [6.45, 7) is 1.02. The predicted molar refractivity (Wildman–Crippen MR) is 125 cm³/mol. The number of amides is 1. The van der Waals surface area contributed by atoms with Crippen molar-refractivity contribution in [2.24, 2.45) is 0 Å². The lowest BCUT2D eigenvalue weighted by Crippen LogP contribution is -2.44. The maximum atomic E-state index is 15.2. The van der Waals surface area contributed by atoms with Crippen molar-refractivity contribution in [3.8, 4) is 11.5 Å². The van der Waals surface area contributed by atoms with Crippen LogP contribution in [-0.4, -0.2) is 55.7 Å². The van der Waals surface area contributed by atoms with Gasteiger partial charge in [0, 0.05) is 22.9 Å². The summed E-state index contributed by atoms with van der Waals surface area (Å²) in [4.78, 5) is 39.5. The Labute approximate surface area is 212 Å². The van der Waals surface area contributed by atoms with E-state index < -0.39 is 66.2 Å². The number of aromatic amines is 1. The minimum absolute atomic E-state index is 0.0655. The lowest BCUT2D eigenvalue weighted by molar-refractivity contribution is -0.0413. The fourth-order valence-electron chi connectivity index (χ4n) is 4.81. The Bertz CT molecular complexity index is 1470. The van der Waals surface area contributed by atoms with E-state index in [0.29, 0.717) is 0 Å². The third-order valence-corrected chi connectivity index (χ3v) is 6.68. The van der Waals surface area contributed by atoms with Crippen LogP contribution in [0.2, 0.25) is 0 Å². The molecule has 0 spiro atoms. The van der Waals surface area contributed by atoms with Crippen LogP contribution in [-0.2, 0) is 11.2 Å². The Morgan fingerprint density at radius 3 is 2.26 bits per heavy atom. The molecule has 38 heavy (non-hydrogen) atoms. The molecule has 13 heteroatoms. The van der Waals surface area contributed by atoms with Gasteiger partial charge in [-0.1, -0.05) is 6.92 Å². The van der Waals surface area contributed by atoms with Crippen molar-refractivity contribution in [2.75, 3.05) is 6.54 Å². The molecule has 1 aromatic heterocycles. The van der Waals surface area contributed by atoms with Gasteiger partial charge in [0.25, 0.3) is 5.56 Å². The number of aryl methyl sites for hydroxylation is 1. The Morgan fingerprint density at radius 1 is 1.11 bits per heavy atom. The molecule has 4 atom stereocenters. The van der Waals surface area contributed by atoms with E-state index in [1.165, 1.54) is 12.1 Å². The number of aliphatic hydroxyl groups is 1. The largest absolute Gasteiger partial charge is 0.465 e. The number of halogens is 3. The maximum absolute atomic E-state index is 15.2. The molecule has 0 unspecified atom stereocenters. The molecule has 10 nitrogen and oxygen atoms in total. The lowest BCUT2D eigenvalue weighted by Gasteiger charge is -2.36. The van der Waals surface area contributed by atoms with Gasteiger partial charge in [-0.25, -0.2) is 22.8 Å². The summed E-state index contributed by atoms with van der Waals surface area (Å²) in [5.41, 5.74) is -1.31. The van der Waals surface area contributed by atoms with E-state index in [9.17, 15) is 33.4 Å². The SMILES string of the molecule is CCc1cn([C@@H]2O[C@H](CN(C(=O)O)C3c4cc(F)ccc4Oc4ccc(F)cc43)[C@@H](O)[C@@H]2F)c(=O)[nH]c1=O. The van der Waals surface area contributed by atoms with Crippen LogP contribution in [0.4, 0.5) is 18.0 Å². The lowest BCUT2D eigenvalue weighted by atomic mass is 9.92. The monoisotopic (exact) mass is 533 g/mol. The number of carbonyl (C=O) groups is 1. The van der Waals surface area contributed by atoms with Gasteiger partial charge in [-0.15, -0.1) is 0 Å². The number of nitrogens with one attached hydrogen (secondary N) is 1. The highest BCUT2D eigenvalue weighted by Gasteiger charge is 2.48. The number of fused-ring (bicyclic) bond motifs is 2. The molecule has 5 rings (SSSR count). The highest BCUT2D eigenvalue weighted by molar-refractivity contribution is 5.68. The van der Waals surface area contributed by atoms with Crippen molar-refractivity contribution in [1.82, 2.24) is 14.5 Å². The van der Waals surface area contributed by atoms with Gasteiger partial charge in [0.15, 0.2) is 12.4 Å². The van der Waals surface area contributed by atoms with Gasteiger partial charge in [0.2, 0.25) is 0 Å². The second-order valence-corrected chi connectivity index (χ2v) is 8.98. The number of rotatable bonds is 5. The minimum Gasteiger partial charge on any atom is -0.465 e. The number of nitrogens with zero attached hydrogens (tertiary/aromatic N) is 2. The van der Waals surface area contributed by atoms with Gasteiger partial charge in [-0.05, 0) is 42.8 Å². The molecule has 0 bridgehead atoms. The molecule has 2 aliphatic rings. The first-order chi connectivity index (χ1) is 18.1. The number of hydrogen-bond donors (Lipinski definition) is 3. The van der Waals surface area contributed by atoms with Crippen LogP contribution in [0.15, 0.2) is 52.2 Å². The minimum atomic E-state index is -2.16. The fraction of sp³-hybridized carbons (Fsp3) is 0.320. The molecular formula is C25H22F3N3O7. The molecule has 2 aromatic carbocycles. The zero-order valence-electron chi connectivity index (χ0n) is 19.8. The number of alkyl halides is 1. The van der Waals surface area contributed by atoms with Gasteiger partial charge in [0.05, 0.1) is 12.6 Å². The molecule has 0 aliphatic carbocycles. The fourth-order valence-corrected chi connectivity index (χ4v) is 4.81. The van der Waals surface area contributed by atoms with Crippen molar-refractivity contribution in [3.63, 3.8) is 0 Å². The summed E-state index contributed by atoms with van der Waals surface area (Å²) in [5.74, 6) is -1.15. The van der Waals surface area contributed by atoms with E-state index in [-0.39, 0.29) is 34.6 Å². The Morgan fingerprint density at radius 2 is 1.71 bits per heavy atom. The summed E-state index contributed by atoms with van der Waals surface area (Å²) in [5, 5.41) is 20.7. The van der Waals surface area contributed by atoms with Crippen molar-refractivity contribution in [2.45, 2.75) is 44.0 Å². The average molecular weight is 533 g/mol. The second kappa shape index (κ2) is 9.65. The second-order valence-electron chi connectivity index (χ2n) is 8.98. The Kier molecular flexibility index (Phi) is 6.49. The van der Waals surface area contributed by atoms with Gasteiger partial charge >= 0.3 is 11.8 Å². The van der Waals surface area contributed by atoms with Gasteiger partial charge in [-0.2, -0.15) is 0 Å². The van der Waals surface area contributed by atoms with Crippen molar-refractivity contribution >= 4 is 6.09 Å². The third-order valence-electron chi connectivity index (χ3n) is 6.68. The van der Waals surface area contributed by atoms with E-state index in [1.54, 1.807) is 6.92 Å². The number of ether oxygens (including phenoxy) is 2. The molecule has 1 saturated heterocycles. The van der Waals surface area contributed by atoms with Crippen LogP contribution in [0.3, 0.4) is 0 Å². The molecule has 1 amide bonds. The summed E-state index contributed by atoms with van der Waals surface area (Å²) in [7, 11) is 0. The Balaban J connectivity index is 1.53. The molecular weight excluding hydrogens is 511 g/mol. The molecule has 3 aromatic rings. The van der Waals surface area contributed by atoms with Gasteiger partial charge in [-0.3, -0.25) is 19.2 Å². The molecule has 200 valence electrons. The average Bonchev–Trinajstić information content (AvgIpc) is 3.15. The van der Waals surface area contributed by atoms with Crippen LogP contribution in [0.1, 0.15) is 35.9 Å². The first kappa shape index (κ1) is 25.5. The smallest absolute Gasteiger partial charge is 0.408 e. The highest BCUT2D eigenvalue weighted by Crippen LogP contribution is 2.47. The van der Waals surface area contributed by atoms with Crippen molar-refractivity contribution in [1.29, 1.82) is 0 Å². The quantitative estimate of drug-likeness (QED) is 0.459. The first-order valence-electron chi connectivity index (χ1n) is 11.7. The van der Waals surface area contributed by atoms with Crippen molar-refractivity contribution < 1.29 is 37.7 Å². The number of carboxylic acid groups (broad SMARTS) is 1. The van der Waals surface area contributed by atoms with Crippen molar-refractivity contribution in [3.05, 3.63) is 91.8 Å². The van der Waals surface area contributed by atoms with Crippen LogP contribution in [0.5, 0.6) is 11.5 Å². The van der Waals surface area contributed by atoms with E-state index >= 15 is 4.39 Å². The topological polar surface area (TPSA) is 134 Å². The number of aromatic nitrogens is 2. The molecule has 0 saturated carbocycles. The summed E-state index contributed by atoms with van der Waals surface area (Å²) < 4.78 is 55.7.